The molecule has 0 spiro atoms. The van der Waals surface area contributed by atoms with Gasteiger partial charge in [0.1, 0.15) is 11.4 Å². The first kappa shape index (κ1) is 19.2. The Balaban J connectivity index is 1.84. The molecule has 0 unspecified atom stereocenters. The van der Waals surface area contributed by atoms with E-state index in [-0.39, 0.29) is 29.3 Å². The smallest absolute Gasteiger partial charge is 0.410 e. The number of halogens is 1. The first-order chi connectivity index (χ1) is 12.5. The summed E-state index contributed by atoms with van der Waals surface area (Å²) in [5.41, 5.74) is 0.0585. The van der Waals surface area contributed by atoms with Crippen LogP contribution in [0.3, 0.4) is 0 Å². The average molecular weight is 375 g/mol. The number of anilines is 1. The van der Waals surface area contributed by atoms with Crippen molar-refractivity contribution in [1.29, 1.82) is 0 Å². The molecule has 0 saturated carbocycles. The van der Waals surface area contributed by atoms with Gasteiger partial charge in [-0.2, -0.15) is 0 Å². The third kappa shape index (κ3) is 4.07. The van der Waals surface area contributed by atoms with Crippen LogP contribution in [0.4, 0.5) is 14.9 Å². The molecule has 1 aromatic heterocycles. The van der Waals surface area contributed by atoms with Crippen LogP contribution in [0.5, 0.6) is 0 Å². The number of nitrogens with zero attached hydrogens (tertiary/aromatic N) is 2. The van der Waals surface area contributed by atoms with Gasteiger partial charge in [0, 0.05) is 30.2 Å². The molecule has 1 aromatic carbocycles. The van der Waals surface area contributed by atoms with Crippen LogP contribution in [-0.2, 0) is 4.74 Å². The van der Waals surface area contributed by atoms with E-state index < -0.39 is 11.4 Å². The van der Waals surface area contributed by atoms with Gasteiger partial charge in [-0.15, -0.1) is 0 Å². The topological polar surface area (TPSA) is 65.6 Å². The summed E-state index contributed by atoms with van der Waals surface area (Å²) < 4.78 is 20.0. The number of fused-ring (bicyclic) bond motifs is 1. The largest absolute Gasteiger partial charge is 0.444 e. The number of ether oxygens (including phenoxy) is 1. The van der Waals surface area contributed by atoms with E-state index in [1.165, 1.54) is 12.1 Å². The lowest BCUT2D eigenvalue weighted by Crippen LogP contribution is -2.59. The fraction of sp³-hybridized carbons (Fsp3) is 0.500. The molecule has 2 aromatic rings. The number of aromatic amines is 1. The number of piperazine rings is 1. The minimum Gasteiger partial charge on any atom is -0.444 e. The molecule has 2 atom stereocenters. The first-order valence-electron chi connectivity index (χ1n) is 9.14. The van der Waals surface area contributed by atoms with E-state index in [0.717, 1.165) is 5.69 Å². The van der Waals surface area contributed by atoms with E-state index in [2.05, 4.69) is 9.88 Å². The van der Waals surface area contributed by atoms with Gasteiger partial charge in [0.25, 0.3) is 0 Å². The number of nitrogens with one attached hydrogen (secondary N) is 1. The average Bonchev–Trinajstić information content (AvgIpc) is 2.53. The normalized spacial score (nSPS) is 20.8. The van der Waals surface area contributed by atoms with Crippen molar-refractivity contribution in [1.82, 2.24) is 9.88 Å². The number of carbonyl (C=O) groups is 1. The van der Waals surface area contributed by atoms with Crippen molar-refractivity contribution < 1.29 is 13.9 Å². The van der Waals surface area contributed by atoms with Gasteiger partial charge in [0.2, 0.25) is 5.56 Å². The number of rotatable bonds is 1. The molecule has 6 nitrogen and oxygen atoms in total. The van der Waals surface area contributed by atoms with Crippen molar-refractivity contribution >= 4 is 22.7 Å². The van der Waals surface area contributed by atoms with Gasteiger partial charge in [-0.05, 0) is 52.8 Å². The summed E-state index contributed by atoms with van der Waals surface area (Å²) in [7, 11) is 0. The Morgan fingerprint density at radius 2 is 1.81 bits per heavy atom. The lowest BCUT2D eigenvalue weighted by molar-refractivity contribution is 0.00566. The van der Waals surface area contributed by atoms with Crippen LogP contribution in [0.15, 0.2) is 29.1 Å². The number of hydrogen-bond acceptors (Lipinski definition) is 4. The summed E-state index contributed by atoms with van der Waals surface area (Å²) >= 11 is 0. The van der Waals surface area contributed by atoms with Crippen LogP contribution in [0.25, 0.3) is 10.9 Å². The second-order valence-corrected chi connectivity index (χ2v) is 8.21. The molecule has 1 amide bonds. The number of aromatic nitrogens is 1. The molecule has 7 heteroatoms. The Morgan fingerprint density at radius 3 is 2.41 bits per heavy atom. The molecule has 27 heavy (non-hydrogen) atoms. The zero-order valence-corrected chi connectivity index (χ0v) is 16.4. The molecular formula is C20H26FN3O3. The van der Waals surface area contributed by atoms with E-state index in [1.807, 2.05) is 40.7 Å². The van der Waals surface area contributed by atoms with Gasteiger partial charge in [-0.25, -0.2) is 9.18 Å². The quantitative estimate of drug-likeness (QED) is 0.828. The standard InChI is InChI=1S/C20H26FN3O3/c1-12-10-23(11-13(2)24(12)19(26)27-20(3,4)5)15-8-14-6-7-17(25)22-18(14)16(21)9-15/h6-9,12-13H,10-11H2,1-5H3,(H,22,25)/t12-,13+. The van der Waals surface area contributed by atoms with Gasteiger partial charge < -0.3 is 14.6 Å². The van der Waals surface area contributed by atoms with Crippen molar-refractivity contribution in [3.05, 3.63) is 40.4 Å². The van der Waals surface area contributed by atoms with Crippen LogP contribution < -0.4 is 10.5 Å². The zero-order chi connectivity index (χ0) is 19.9. The number of pyridine rings is 1. The monoisotopic (exact) mass is 375 g/mol. The van der Waals surface area contributed by atoms with E-state index in [1.54, 1.807) is 11.0 Å². The molecule has 1 aliphatic rings. The highest BCUT2D eigenvalue weighted by Gasteiger charge is 2.35. The highest BCUT2D eigenvalue weighted by Crippen LogP contribution is 2.28. The lowest BCUT2D eigenvalue weighted by atomic mass is 10.1. The molecule has 146 valence electrons. The molecule has 0 radical (unpaired) electrons. The maximum atomic E-state index is 14.5. The Hall–Kier alpha value is -2.57. The van der Waals surface area contributed by atoms with Crippen molar-refractivity contribution in [2.24, 2.45) is 0 Å². The van der Waals surface area contributed by atoms with Gasteiger partial charge >= 0.3 is 6.09 Å². The Kier molecular flexibility index (Phi) is 4.88. The third-order valence-electron chi connectivity index (χ3n) is 4.66. The van der Waals surface area contributed by atoms with E-state index in [4.69, 9.17) is 4.74 Å². The number of amides is 1. The zero-order valence-electron chi connectivity index (χ0n) is 16.4. The maximum absolute atomic E-state index is 14.5. The van der Waals surface area contributed by atoms with Gasteiger partial charge in [0.05, 0.1) is 17.6 Å². The fourth-order valence-corrected chi connectivity index (χ4v) is 3.60. The van der Waals surface area contributed by atoms with Gasteiger partial charge in [-0.1, -0.05) is 0 Å². The molecule has 3 rings (SSSR count). The summed E-state index contributed by atoms with van der Waals surface area (Å²) in [5, 5.41) is 0.638. The van der Waals surface area contributed by atoms with Crippen molar-refractivity contribution in [2.75, 3.05) is 18.0 Å². The van der Waals surface area contributed by atoms with Crippen LogP contribution in [0.2, 0.25) is 0 Å². The Labute approximate surface area is 157 Å². The van der Waals surface area contributed by atoms with E-state index in [0.29, 0.717) is 18.5 Å². The Bertz CT molecular complexity index is 907. The lowest BCUT2D eigenvalue weighted by Gasteiger charge is -2.45. The molecule has 0 aliphatic carbocycles. The second kappa shape index (κ2) is 6.87. The highest BCUT2D eigenvalue weighted by molar-refractivity contribution is 5.83. The van der Waals surface area contributed by atoms with Gasteiger partial charge in [0.15, 0.2) is 0 Å². The molecule has 1 aliphatic heterocycles. The minimum absolute atomic E-state index is 0.0852. The minimum atomic E-state index is -0.550. The summed E-state index contributed by atoms with van der Waals surface area (Å²) in [6, 6.07) is 6.12. The summed E-state index contributed by atoms with van der Waals surface area (Å²) in [6.45, 7) is 10.6. The summed E-state index contributed by atoms with van der Waals surface area (Å²) in [4.78, 5) is 30.3. The number of H-pyrrole nitrogens is 1. The molecular weight excluding hydrogens is 349 g/mol. The number of carbonyl (C=O) groups excluding carboxylic acids is 1. The fourth-order valence-electron chi connectivity index (χ4n) is 3.60. The molecule has 1 N–H and O–H groups in total. The molecule has 0 bridgehead atoms. The molecule has 2 heterocycles. The third-order valence-corrected chi connectivity index (χ3v) is 4.66. The Morgan fingerprint density at radius 1 is 1.19 bits per heavy atom. The van der Waals surface area contributed by atoms with E-state index >= 15 is 0 Å². The maximum Gasteiger partial charge on any atom is 0.410 e. The highest BCUT2D eigenvalue weighted by atomic mass is 19.1. The summed E-state index contributed by atoms with van der Waals surface area (Å²) in [6.07, 6.45) is -0.329. The van der Waals surface area contributed by atoms with Crippen LogP contribution in [0, 0.1) is 5.82 Å². The first-order valence-corrected chi connectivity index (χ1v) is 9.14. The van der Waals surface area contributed by atoms with Crippen molar-refractivity contribution in [2.45, 2.75) is 52.3 Å². The van der Waals surface area contributed by atoms with Crippen LogP contribution >= 0.6 is 0 Å². The van der Waals surface area contributed by atoms with Crippen LogP contribution in [-0.4, -0.2) is 46.8 Å². The van der Waals surface area contributed by atoms with Crippen molar-refractivity contribution in [3.63, 3.8) is 0 Å². The predicted molar refractivity (Wildman–Crippen MR) is 104 cm³/mol. The number of benzene rings is 1. The van der Waals surface area contributed by atoms with Gasteiger partial charge in [-0.3, -0.25) is 9.69 Å². The predicted octanol–water partition coefficient (Wildman–Crippen LogP) is 3.50. The van der Waals surface area contributed by atoms with Crippen LogP contribution in [0.1, 0.15) is 34.6 Å². The number of hydrogen-bond donors (Lipinski definition) is 1. The van der Waals surface area contributed by atoms with Crippen molar-refractivity contribution in [3.8, 4) is 0 Å². The molecule has 1 saturated heterocycles. The molecule has 1 fully saturated rings. The van der Waals surface area contributed by atoms with E-state index in [9.17, 15) is 14.0 Å². The summed E-state index contributed by atoms with van der Waals surface area (Å²) in [5.74, 6) is -0.463. The second-order valence-electron chi connectivity index (χ2n) is 8.21. The SMILES string of the molecule is C[C@@H]1CN(c2cc(F)c3[nH]c(=O)ccc3c2)C[C@H](C)N1C(=O)OC(C)(C)C.